The molecule has 1 aliphatic heterocycles. The molecule has 1 heterocycles. The second-order valence-electron chi connectivity index (χ2n) is 7.73. The summed E-state index contributed by atoms with van der Waals surface area (Å²) >= 11 is 0. The van der Waals surface area contributed by atoms with Crippen molar-refractivity contribution in [2.24, 2.45) is 0 Å². The highest BCUT2D eigenvalue weighted by molar-refractivity contribution is 7.88. The van der Waals surface area contributed by atoms with E-state index in [-0.39, 0.29) is 18.2 Å². The summed E-state index contributed by atoms with van der Waals surface area (Å²) in [4.78, 5) is 13.6. The van der Waals surface area contributed by atoms with Crippen molar-refractivity contribution in [1.29, 1.82) is 0 Å². The molecule has 1 saturated carbocycles. The van der Waals surface area contributed by atoms with Crippen LogP contribution in [0.4, 0.5) is 4.79 Å². The zero-order valence-corrected chi connectivity index (χ0v) is 17.4. The second-order valence-corrected chi connectivity index (χ2v) is 9.51. The molecule has 1 aliphatic carbocycles. The van der Waals surface area contributed by atoms with E-state index in [1.807, 2.05) is 6.07 Å². The molecule has 1 amide bonds. The molecule has 0 aromatic heterocycles. The number of carbonyl (C=O) groups excluding carboxylic acids is 1. The lowest BCUT2D eigenvalue weighted by molar-refractivity contribution is -0.00534. The van der Waals surface area contributed by atoms with Gasteiger partial charge < -0.3 is 14.4 Å². The van der Waals surface area contributed by atoms with Crippen LogP contribution in [0.5, 0.6) is 0 Å². The lowest BCUT2D eigenvalue weighted by Crippen LogP contribution is -2.49. The van der Waals surface area contributed by atoms with Gasteiger partial charge in [0.25, 0.3) is 0 Å². The monoisotopic (exact) mass is 410 g/mol. The van der Waals surface area contributed by atoms with Crippen molar-refractivity contribution in [2.45, 2.75) is 56.2 Å². The van der Waals surface area contributed by atoms with Gasteiger partial charge in [0.2, 0.25) is 10.0 Å². The molecule has 8 heteroatoms. The molecule has 1 N–H and O–H groups in total. The van der Waals surface area contributed by atoms with Crippen LogP contribution in [0.15, 0.2) is 30.3 Å². The van der Waals surface area contributed by atoms with E-state index in [0.717, 1.165) is 31.9 Å². The molecule has 2 atom stereocenters. The number of nitrogens with one attached hydrogen (secondary N) is 1. The van der Waals surface area contributed by atoms with E-state index < -0.39 is 16.1 Å². The Balaban J connectivity index is 1.55. The summed E-state index contributed by atoms with van der Waals surface area (Å²) in [6.07, 6.45) is 5.46. The van der Waals surface area contributed by atoms with Crippen molar-refractivity contribution >= 4 is 16.1 Å². The van der Waals surface area contributed by atoms with Crippen LogP contribution in [-0.2, 0) is 19.5 Å². The van der Waals surface area contributed by atoms with E-state index in [1.165, 1.54) is 12.7 Å². The molecule has 156 valence electrons. The Morgan fingerprint density at radius 3 is 2.43 bits per heavy atom. The third kappa shape index (κ3) is 5.46. The van der Waals surface area contributed by atoms with E-state index in [9.17, 15) is 13.2 Å². The smallest absolute Gasteiger partial charge is 0.409 e. The second kappa shape index (κ2) is 9.24. The maximum atomic E-state index is 12.1. The molecule has 0 bridgehead atoms. The van der Waals surface area contributed by atoms with Crippen molar-refractivity contribution < 1.29 is 22.7 Å². The number of likely N-dealkylation sites (tertiary alicyclic amines) is 1. The first kappa shape index (κ1) is 21.1. The minimum atomic E-state index is -3.36. The van der Waals surface area contributed by atoms with E-state index in [4.69, 9.17) is 9.47 Å². The molecule has 7 nitrogen and oxygen atoms in total. The minimum absolute atomic E-state index is 0.138. The van der Waals surface area contributed by atoms with Crippen molar-refractivity contribution in [3.8, 4) is 0 Å². The zero-order chi connectivity index (χ0) is 20.1. The standard InChI is InChI=1S/C20H30N2O5S/c1-26-20(23)22-13-12-18(21-28(2,24)25)19(22)14-27-17-10-8-16(9-11-17)15-6-4-3-5-7-15/h3-7,16-19,21H,8-14H2,1-2H3/t16?,17?,18?,19-/m0/s1. The molecule has 1 unspecified atom stereocenters. The highest BCUT2D eigenvalue weighted by Gasteiger charge is 2.39. The summed E-state index contributed by atoms with van der Waals surface area (Å²) in [5.41, 5.74) is 1.38. The van der Waals surface area contributed by atoms with Gasteiger partial charge in [-0.15, -0.1) is 0 Å². The summed E-state index contributed by atoms with van der Waals surface area (Å²) in [5.74, 6) is 0.568. The molecular formula is C20H30N2O5S. The van der Waals surface area contributed by atoms with Crippen LogP contribution < -0.4 is 4.72 Å². The topological polar surface area (TPSA) is 84.9 Å². The summed E-state index contributed by atoms with van der Waals surface area (Å²) < 4.78 is 37.0. The van der Waals surface area contributed by atoms with Gasteiger partial charge in [0.05, 0.1) is 32.1 Å². The molecule has 28 heavy (non-hydrogen) atoms. The van der Waals surface area contributed by atoms with Crippen molar-refractivity contribution in [3.05, 3.63) is 35.9 Å². The first-order valence-corrected chi connectivity index (χ1v) is 11.7. The van der Waals surface area contributed by atoms with E-state index >= 15 is 0 Å². The van der Waals surface area contributed by atoms with Crippen LogP contribution in [0.1, 0.15) is 43.6 Å². The minimum Gasteiger partial charge on any atom is -0.453 e. The molecule has 2 aliphatic rings. The first-order chi connectivity index (χ1) is 13.4. The predicted molar refractivity (Wildman–Crippen MR) is 107 cm³/mol. The SMILES string of the molecule is COC(=O)N1CCC(NS(C)(=O)=O)[C@@H]1COC1CCC(c2ccccc2)CC1. The van der Waals surface area contributed by atoms with Crippen molar-refractivity contribution in [2.75, 3.05) is 26.5 Å². The summed E-state index contributed by atoms with van der Waals surface area (Å²) in [6, 6.07) is 9.85. The Labute approximate surface area is 167 Å². The number of sulfonamides is 1. The third-order valence-electron chi connectivity index (χ3n) is 5.77. The van der Waals surface area contributed by atoms with Crippen molar-refractivity contribution in [3.63, 3.8) is 0 Å². The molecule has 0 spiro atoms. The van der Waals surface area contributed by atoms with E-state index in [2.05, 4.69) is 29.0 Å². The number of amides is 1. The fourth-order valence-corrected chi connectivity index (χ4v) is 5.16. The highest BCUT2D eigenvalue weighted by Crippen LogP contribution is 2.34. The average Bonchev–Trinajstić information content (AvgIpc) is 3.07. The number of nitrogens with zero attached hydrogens (tertiary/aromatic N) is 1. The summed E-state index contributed by atoms with van der Waals surface area (Å²) in [5, 5.41) is 0. The maximum absolute atomic E-state index is 12.1. The molecule has 3 rings (SSSR count). The fourth-order valence-electron chi connectivity index (χ4n) is 4.34. The Kier molecular flexibility index (Phi) is 6.95. The number of carbonyl (C=O) groups is 1. The Morgan fingerprint density at radius 2 is 1.82 bits per heavy atom. The fraction of sp³-hybridized carbons (Fsp3) is 0.650. The number of benzene rings is 1. The predicted octanol–water partition coefficient (Wildman–Crippen LogP) is 2.49. The number of rotatable bonds is 6. The first-order valence-electron chi connectivity index (χ1n) is 9.86. The van der Waals surface area contributed by atoms with Crippen LogP contribution >= 0.6 is 0 Å². The number of ether oxygens (including phenoxy) is 2. The van der Waals surface area contributed by atoms with Gasteiger partial charge in [-0.3, -0.25) is 0 Å². The van der Waals surface area contributed by atoms with Crippen LogP contribution in [0, 0.1) is 0 Å². The van der Waals surface area contributed by atoms with Crippen molar-refractivity contribution in [1.82, 2.24) is 9.62 Å². The highest BCUT2D eigenvalue weighted by atomic mass is 32.2. The molecule has 0 radical (unpaired) electrons. The van der Waals surface area contributed by atoms with Gasteiger partial charge in [0.15, 0.2) is 0 Å². The van der Waals surface area contributed by atoms with Gasteiger partial charge in [0, 0.05) is 12.6 Å². The van der Waals surface area contributed by atoms with E-state index in [1.54, 1.807) is 4.90 Å². The zero-order valence-electron chi connectivity index (χ0n) is 16.5. The Bertz CT molecular complexity index is 747. The van der Waals surface area contributed by atoms with Gasteiger partial charge in [-0.1, -0.05) is 30.3 Å². The Hall–Kier alpha value is -1.64. The number of hydrogen-bond acceptors (Lipinski definition) is 5. The quantitative estimate of drug-likeness (QED) is 0.779. The largest absolute Gasteiger partial charge is 0.453 e. The molecule has 1 aromatic rings. The normalized spacial score (nSPS) is 28.3. The van der Waals surface area contributed by atoms with E-state index in [0.29, 0.717) is 25.5 Å². The van der Waals surface area contributed by atoms with Crippen LogP contribution in [0.25, 0.3) is 0 Å². The molecule has 1 saturated heterocycles. The van der Waals surface area contributed by atoms with Gasteiger partial charge >= 0.3 is 6.09 Å². The van der Waals surface area contributed by atoms with Gasteiger partial charge in [-0.2, -0.15) is 0 Å². The Morgan fingerprint density at radius 1 is 1.14 bits per heavy atom. The average molecular weight is 411 g/mol. The van der Waals surface area contributed by atoms with Gasteiger partial charge in [-0.25, -0.2) is 17.9 Å². The van der Waals surface area contributed by atoms with Gasteiger partial charge in [-0.05, 0) is 43.6 Å². The number of hydrogen-bond donors (Lipinski definition) is 1. The lowest BCUT2D eigenvalue weighted by atomic mass is 9.83. The summed E-state index contributed by atoms with van der Waals surface area (Å²) in [7, 11) is -2.03. The third-order valence-corrected chi connectivity index (χ3v) is 6.50. The van der Waals surface area contributed by atoms with Crippen LogP contribution in [0.3, 0.4) is 0 Å². The van der Waals surface area contributed by atoms with Crippen LogP contribution in [0.2, 0.25) is 0 Å². The maximum Gasteiger partial charge on any atom is 0.409 e. The number of methoxy groups -OCH3 is 1. The lowest BCUT2D eigenvalue weighted by Gasteiger charge is -2.32. The van der Waals surface area contributed by atoms with Gasteiger partial charge in [0.1, 0.15) is 0 Å². The molecule has 2 fully saturated rings. The molecular weight excluding hydrogens is 380 g/mol. The summed E-state index contributed by atoms with van der Waals surface area (Å²) in [6.45, 7) is 0.761. The van der Waals surface area contributed by atoms with Crippen LogP contribution in [-0.4, -0.2) is 64.1 Å². The molecule has 1 aromatic carbocycles.